The van der Waals surface area contributed by atoms with E-state index < -0.39 is 0 Å². The van der Waals surface area contributed by atoms with Gasteiger partial charge in [-0.05, 0) is 44.5 Å². The molecule has 2 fully saturated rings. The van der Waals surface area contributed by atoms with Gasteiger partial charge in [-0.1, -0.05) is 0 Å². The average molecular weight is 275 g/mol. The zero-order valence-corrected chi connectivity index (χ0v) is 11.9. The summed E-state index contributed by atoms with van der Waals surface area (Å²) >= 11 is 0. The van der Waals surface area contributed by atoms with E-state index >= 15 is 0 Å². The lowest BCUT2D eigenvalue weighted by molar-refractivity contribution is -0.114. The van der Waals surface area contributed by atoms with Crippen LogP contribution in [-0.4, -0.2) is 54.2 Å². The van der Waals surface area contributed by atoms with Crippen LogP contribution >= 0.6 is 0 Å². The second kappa shape index (κ2) is 5.50. The highest BCUT2D eigenvalue weighted by atomic mass is 16.5. The van der Waals surface area contributed by atoms with Gasteiger partial charge in [0.05, 0.1) is 24.3 Å². The molecule has 3 heterocycles. The molecular formula is C15H21N3O2. The van der Waals surface area contributed by atoms with Crippen LogP contribution in [0.15, 0.2) is 18.5 Å². The predicted octanol–water partition coefficient (Wildman–Crippen LogP) is 0.985. The van der Waals surface area contributed by atoms with Crippen LogP contribution < -0.4 is 5.32 Å². The van der Waals surface area contributed by atoms with Crippen molar-refractivity contribution in [3.8, 4) is 0 Å². The maximum atomic E-state index is 12.7. The smallest absolute Gasteiger partial charge is 0.255 e. The number of hydrogen-bond acceptors (Lipinski definition) is 4. The van der Waals surface area contributed by atoms with Crippen molar-refractivity contribution in [3.63, 3.8) is 0 Å². The van der Waals surface area contributed by atoms with Gasteiger partial charge in [0.25, 0.3) is 5.91 Å². The number of nitrogens with zero attached hydrogens (tertiary/aromatic N) is 2. The lowest BCUT2D eigenvalue weighted by atomic mass is 9.90. The van der Waals surface area contributed by atoms with E-state index in [1.165, 1.54) is 0 Å². The first-order chi connectivity index (χ1) is 9.70. The Labute approximate surface area is 119 Å². The van der Waals surface area contributed by atoms with Gasteiger partial charge in [0.1, 0.15) is 0 Å². The molecule has 108 valence electrons. The molecule has 1 spiro atoms. The number of aromatic nitrogens is 1. The van der Waals surface area contributed by atoms with Gasteiger partial charge in [-0.15, -0.1) is 0 Å². The molecule has 20 heavy (non-hydrogen) atoms. The van der Waals surface area contributed by atoms with Gasteiger partial charge in [0.15, 0.2) is 0 Å². The first kappa shape index (κ1) is 13.5. The highest BCUT2D eigenvalue weighted by Gasteiger charge is 2.39. The third-order valence-electron chi connectivity index (χ3n) is 4.32. The summed E-state index contributed by atoms with van der Waals surface area (Å²) in [4.78, 5) is 18.7. The molecule has 0 saturated carbocycles. The number of aryl methyl sites for hydroxylation is 1. The van der Waals surface area contributed by atoms with Crippen molar-refractivity contribution in [2.24, 2.45) is 0 Å². The van der Waals surface area contributed by atoms with E-state index in [9.17, 15) is 4.79 Å². The minimum absolute atomic E-state index is 0.0804. The van der Waals surface area contributed by atoms with Crippen molar-refractivity contribution in [3.05, 3.63) is 29.6 Å². The van der Waals surface area contributed by atoms with Gasteiger partial charge in [-0.25, -0.2) is 0 Å². The first-order valence-electron chi connectivity index (χ1n) is 7.25. The fourth-order valence-electron chi connectivity index (χ4n) is 3.06. The van der Waals surface area contributed by atoms with Gasteiger partial charge in [0.2, 0.25) is 0 Å². The van der Waals surface area contributed by atoms with Crippen LogP contribution in [-0.2, 0) is 4.74 Å². The summed E-state index contributed by atoms with van der Waals surface area (Å²) in [6.07, 6.45) is 5.34. The molecule has 0 aliphatic carbocycles. The van der Waals surface area contributed by atoms with Crippen molar-refractivity contribution in [1.82, 2.24) is 15.2 Å². The van der Waals surface area contributed by atoms with Crippen LogP contribution in [0.25, 0.3) is 0 Å². The number of nitrogens with one attached hydrogen (secondary N) is 1. The van der Waals surface area contributed by atoms with Gasteiger partial charge < -0.3 is 15.0 Å². The minimum atomic E-state index is -0.144. The molecular weight excluding hydrogens is 254 g/mol. The SMILES string of the molecule is Cc1ccncc1C(=O)N1CCOC2(CCNCC2)C1. The molecule has 0 atom stereocenters. The second-order valence-corrected chi connectivity index (χ2v) is 5.70. The molecule has 2 saturated heterocycles. The van der Waals surface area contributed by atoms with Crippen molar-refractivity contribution < 1.29 is 9.53 Å². The average Bonchev–Trinajstić information content (AvgIpc) is 2.48. The third kappa shape index (κ3) is 2.55. The molecule has 5 heteroatoms. The molecule has 0 unspecified atom stereocenters. The topological polar surface area (TPSA) is 54.5 Å². The van der Waals surface area contributed by atoms with Gasteiger partial charge in [-0.3, -0.25) is 9.78 Å². The van der Waals surface area contributed by atoms with E-state index in [4.69, 9.17) is 4.74 Å². The largest absolute Gasteiger partial charge is 0.371 e. The highest BCUT2D eigenvalue weighted by Crippen LogP contribution is 2.28. The zero-order valence-electron chi connectivity index (χ0n) is 11.9. The molecule has 2 aliphatic rings. The molecule has 0 radical (unpaired) electrons. The lowest BCUT2D eigenvalue weighted by Gasteiger charge is -2.45. The maximum Gasteiger partial charge on any atom is 0.255 e. The number of piperidine rings is 1. The van der Waals surface area contributed by atoms with E-state index in [0.29, 0.717) is 25.3 Å². The first-order valence-corrected chi connectivity index (χ1v) is 7.25. The quantitative estimate of drug-likeness (QED) is 0.830. The van der Waals surface area contributed by atoms with Crippen molar-refractivity contribution >= 4 is 5.91 Å². The van der Waals surface area contributed by atoms with E-state index in [0.717, 1.165) is 31.5 Å². The number of ether oxygens (including phenoxy) is 1. The predicted molar refractivity (Wildman–Crippen MR) is 75.7 cm³/mol. The Morgan fingerprint density at radius 1 is 1.45 bits per heavy atom. The van der Waals surface area contributed by atoms with Gasteiger partial charge >= 0.3 is 0 Å². The molecule has 0 aromatic carbocycles. The van der Waals surface area contributed by atoms with Gasteiger partial charge in [0, 0.05) is 18.9 Å². The Kier molecular flexibility index (Phi) is 3.72. The molecule has 1 N–H and O–H groups in total. The maximum absolute atomic E-state index is 12.7. The lowest BCUT2D eigenvalue weighted by Crippen LogP contribution is -2.57. The van der Waals surface area contributed by atoms with E-state index in [1.807, 2.05) is 17.9 Å². The van der Waals surface area contributed by atoms with E-state index in [2.05, 4.69) is 10.3 Å². The number of carbonyl (C=O) groups excluding carboxylic acids is 1. The molecule has 1 aromatic rings. The Hall–Kier alpha value is -1.46. The van der Waals surface area contributed by atoms with Crippen LogP contribution in [0.4, 0.5) is 0 Å². The van der Waals surface area contributed by atoms with Crippen LogP contribution in [0.5, 0.6) is 0 Å². The van der Waals surface area contributed by atoms with Crippen LogP contribution in [0.2, 0.25) is 0 Å². The monoisotopic (exact) mass is 275 g/mol. The zero-order chi connectivity index (χ0) is 14.0. The number of rotatable bonds is 1. The Morgan fingerprint density at radius 3 is 3.00 bits per heavy atom. The number of hydrogen-bond donors (Lipinski definition) is 1. The number of carbonyl (C=O) groups is 1. The van der Waals surface area contributed by atoms with Crippen LogP contribution in [0.1, 0.15) is 28.8 Å². The van der Waals surface area contributed by atoms with Gasteiger partial charge in [-0.2, -0.15) is 0 Å². The molecule has 3 rings (SSSR count). The fraction of sp³-hybridized carbons (Fsp3) is 0.600. The minimum Gasteiger partial charge on any atom is -0.371 e. The normalized spacial score (nSPS) is 21.9. The Morgan fingerprint density at radius 2 is 2.25 bits per heavy atom. The van der Waals surface area contributed by atoms with Crippen molar-refractivity contribution in [2.75, 3.05) is 32.8 Å². The number of pyridine rings is 1. The fourth-order valence-corrected chi connectivity index (χ4v) is 3.06. The summed E-state index contributed by atoms with van der Waals surface area (Å²) in [5.74, 6) is 0.0804. The summed E-state index contributed by atoms with van der Waals surface area (Å²) < 4.78 is 6.00. The summed E-state index contributed by atoms with van der Waals surface area (Å²) in [6.45, 7) is 5.88. The molecule has 5 nitrogen and oxygen atoms in total. The molecule has 2 aliphatic heterocycles. The Balaban J connectivity index is 1.77. The summed E-state index contributed by atoms with van der Waals surface area (Å²) in [6, 6.07) is 1.88. The van der Waals surface area contributed by atoms with Crippen LogP contribution in [0.3, 0.4) is 0 Å². The van der Waals surface area contributed by atoms with E-state index in [-0.39, 0.29) is 11.5 Å². The van der Waals surface area contributed by atoms with Crippen molar-refractivity contribution in [2.45, 2.75) is 25.4 Å². The van der Waals surface area contributed by atoms with Crippen LogP contribution in [0, 0.1) is 6.92 Å². The van der Waals surface area contributed by atoms with Crippen molar-refractivity contribution in [1.29, 1.82) is 0 Å². The molecule has 0 bridgehead atoms. The third-order valence-corrected chi connectivity index (χ3v) is 4.32. The summed E-state index contributed by atoms with van der Waals surface area (Å²) in [5.41, 5.74) is 1.55. The number of morpholine rings is 1. The summed E-state index contributed by atoms with van der Waals surface area (Å²) in [7, 11) is 0. The molecule has 1 aromatic heterocycles. The standard InChI is InChI=1S/C15H21N3O2/c1-12-2-5-17-10-13(12)14(19)18-8-9-20-15(11-18)3-6-16-7-4-15/h2,5,10,16H,3-4,6-9,11H2,1H3. The highest BCUT2D eigenvalue weighted by molar-refractivity contribution is 5.95. The second-order valence-electron chi connectivity index (χ2n) is 5.70. The van der Waals surface area contributed by atoms with E-state index in [1.54, 1.807) is 12.4 Å². The Bertz CT molecular complexity index is 492. The number of amides is 1. The summed E-state index contributed by atoms with van der Waals surface area (Å²) in [5, 5.41) is 3.35. The molecule has 1 amide bonds.